The number of carbonyl (C=O) groups is 1. The predicted molar refractivity (Wildman–Crippen MR) is 140 cm³/mol. The second-order valence-electron chi connectivity index (χ2n) is 9.04. The van der Waals surface area contributed by atoms with Crippen LogP contribution >= 0.6 is 11.3 Å². The number of nitrogen functional groups attached to an aromatic ring is 1. The lowest BCUT2D eigenvalue weighted by atomic mass is 9.99. The minimum Gasteiger partial charge on any atom is -0.397 e. The van der Waals surface area contributed by atoms with Crippen LogP contribution in [0.1, 0.15) is 46.7 Å². The SMILES string of the molecule is Cc1ccc2c(N)c(C(=O)NCCc3ccc(N4CCCCC4)c(-c4cnn(C(F)F)c4)c3)sc2n1. The van der Waals surface area contributed by atoms with Crippen molar-refractivity contribution in [1.82, 2.24) is 20.1 Å². The third-order valence-electron chi connectivity index (χ3n) is 6.51. The van der Waals surface area contributed by atoms with E-state index in [2.05, 4.69) is 26.4 Å². The molecule has 0 saturated carbocycles. The highest BCUT2D eigenvalue weighted by Gasteiger charge is 2.19. The number of hydrogen-bond donors (Lipinski definition) is 2. The van der Waals surface area contributed by atoms with Gasteiger partial charge in [0.15, 0.2) is 0 Å². The number of halogens is 2. The number of rotatable bonds is 7. The first-order valence-corrected chi connectivity index (χ1v) is 12.9. The van der Waals surface area contributed by atoms with E-state index >= 15 is 0 Å². The van der Waals surface area contributed by atoms with Crippen molar-refractivity contribution in [2.75, 3.05) is 30.3 Å². The van der Waals surface area contributed by atoms with Crippen LogP contribution in [-0.4, -0.2) is 40.3 Å². The Morgan fingerprint density at radius 3 is 2.75 bits per heavy atom. The van der Waals surface area contributed by atoms with Gasteiger partial charge in [-0.3, -0.25) is 4.79 Å². The van der Waals surface area contributed by atoms with Crippen molar-refractivity contribution >= 4 is 38.8 Å². The Labute approximate surface area is 211 Å². The van der Waals surface area contributed by atoms with Gasteiger partial charge >= 0.3 is 6.55 Å². The van der Waals surface area contributed by atoms with E-state index in [1.54, 1.807) is 0 Å². The maximum absolute atomic E-state index is 13.2. The number of fused-ring (bicyclic) bond motifs is 1. The molecule has 10 heteroatoms. The lowest BCUT2D eigenvalue weighted by Crippen LogP contribution is -2.30. The summed E-state index contributed by atoms with van der Waals surface area (Å²) in [6.07, 6.45) is 6.88. The first kappa shape index (κ1) is 24.2. The molecule has 0 aliphatic carbocycles. The summed E-state index contributed by atoms with van der Waals surface area (Å²) in [5.41, 5.74) is 11.1. The van der Waals surface area contributed by atoms with Crippen molar-refractivity contribution < 1.29 is 13.6 Å². The summed E-state index contributed by atoms with van der Waals surface area (Å²) in [6, 6.07) is 9.88. The molecule has 188 valence electrons. The number of carbonyl (C=O) groups excluding carboxylic acids is 1. The summed E-state index contributed by atoms with van der Waals surface area (Å²) in [5, 5.41) is 7.58. The second-order valence-corrected chi connectivity index (χ2v) is 10.0. The van der Waals surface area contributed by atoms with Crippen LogP contribution in [0.3, 0.4) is 0 Å². The molecule has 1 amide bonds. The summed E-state index contributed by atoms with van der Waals surface area (Å²) in [4.78, 5) is 20.8. The van der Waals surface area contributed by atoms with Gasteiger partial charge in [0.05, 0.1) is 11.9 Å². The van der Waals surface area contributed by atoms with Crippen LogP contribution in [0, 0.1) is 6.92 Å². The molecular weight excluding hydrogens is 482 g/mol. The van der Waals surface area contributed by atoms with Crippen LogP contribution in [0.2, 0.25) is 0 Å². The molecule has 1 aliphatic heterocycles. The Morgan fingerprint density at radius 2 is 2.00 bits per heavy atom. The number of aryl methyl sites for hydroxylation is 1. The van der Waals surface area contributed by atoms with Crippen molar-refractivity contribution in [3.05, 3.63) is 58.9 Å². The summed E-state index contributed by atoms with van der Waals surface area (Å²) in [6.45, 7) is 1.51. The van der Waals surface area contributed by atoms with Gasteiger partial charge in [0.1, 0.15) is 9.71 Å². The van der Waals surface area contributed by atoms with E-state index in [1.807, 2.05) is 31.2 Å². The monoisotopic (exact) mass is 510 g/mol. The molecule has 0 unspecified atom stereocenters. The molecule has 5 rings (SSSR count). The first-order valence-electron chi connectivity index (χ1n) is 12.0. The van der Waals surface area contributed by atoms with Crippen molar-refractivity contribution in [2.45, 2.75) is 39.2 Å². The summed E-state index contributed by atoms with van der Waals surface area (Å²) < 4.78 is 27.0. The molecule has 1 saturated heterocycles. The van der Waals surface area contributed by atoms with Gasteiger partial charge in [-0.1, -0.05) is 6.07 Å². The van der Waals surface area contributed by atoms with Gasteiger partial charge in [0.2, 0.25) is 0 Å². The van der Waals surface area contributed by atoms with Gasteiger partial charge in [-0.05, 0) is 62.4 Å². The zero-order valence-corrected chi connectivity index (χ0v) is 20.8. The number of thiophene rings is 1. The zero-order valence-electron chi connectivity index (χ0n) is 20.0. The summed E-state index contributed by atoms with van der Waals surface area (Å²) in [5.74, 6) is -0.225. The van der Waals surface area contributed by atoms with Crippen LogP contribution in [0.25, 0.3) is 21.3 Å². The lowest BCUT2D eigenvalue weighted by molar-refractivity contribution is 0.0566. The topological polar surface area (TPSA) is 89.1 Å². The Kier molecular flexibility index (Phi) is 6.86. The number of hydrogen-bond acceptors (Lipinski definition) is 6. The molecule has 1 fully saturated rings. The molecule has 0 spiro atoms. The number of nitrogens with two attached hydrogens (primary N) is 1. The van der Waals surface area contributed by atoms with Gasteiger partial charge < -0.3 is 16.0 Å². The van der Waals surface area contributed by atoms with E-state index in [-0.39, 0.29) is 5.91 Å². The number of alkyl halides is 2. The van der Waals surface area contributed by atoms with E-state index < -0.39 is 6.55 Å². The highest BCUT2D eigenvalue weighted by atomic mass is 32.1. The predicted octanol–water partition coefficient (Wildman–Crippen LogP) is 5.41. The zero-order chi connectivity index (χ0) is 25.2. The largest absolute Gasteiger partial charge is 0.397 e. The number of piperidine rings is 1. The summed E-state index contributed by atoms with van der Waals surface area (Å²) in [7, 11) is 0. The van der Waals surface area contributed by atoms with Gasteiger partial charge in [-0.2, -0.15) is 13.9 Å². The third kappa shape index (κ3) is 4.90. The maximum atomic E-state index is 13.2. The molecule has 4 aromatic rings. The maximum Gasteiger partial charge on any atom is 0.333 e. The lowest BCUT2D eigenvalue weighted by Gasteiger charge is -2.30. The minimum atomic E-state index is -2.68. The van der Waals surface area contributed by atoms with Crippen LogP contribution in [0.4, 0.5) is 20.2 Å². The van der Waals surface area contributed by atoms with Gasteiger partial charge in [0.25, 0.3) is 5.91 Å². The Hall–Kier alpha value is -3.53. The molecule has 0 atom stereocenters. The molecule has 4 heterocycles. The van der Waals surface area contributed by atoms with Gasteiger partial charge in [-0.25, -0.2) is 9.67 Å². The number of nitrogens with zero attached hydrogens (tertiary/aromatic N) is 4. The molecule has 36 heavy (non-hydrogen) atoms. The average molecular weight is 511 g/mol. The van der Waals surface area contributed by atoms with E-state index in [0.29, 0.717) is 33.8 Å². The second kappa shape index (κ2) is 10.2. The number of benzene rings is 1. The fourth-order valence-electron chi connectivity index (χ4n) is 4.62. The average Bonchev–Trinajstić information content (AvgIpc) is 3.50. The first-order chi connectivity index (χ1) is 17.4. The van der Waals surface area contributed by atoms with Gasteiger partial charge in [-0.15, -0.1) is 11.3 Å². The third-order valence-corrected chi connectivity index (χ3v) is 7.62. The molecular formula is C26H28F2N6OS. The molecule has 7 nitrogen and oxygen atoms in total. The van der Waals surface area contributed by atoms with E-state index in [9.17, 15) is 13.6 Å². The van der Waals surface area contributed by atoms with Crippen molar-refractivity contribution in [3.8, 4) is 11.1 Å². The molecule has 3 aromatic heterocycles. The van der Waals surface area contributed by atoms with Crippen molar-refractivity contribution in [2.24, 2.45) is 0 Å². The minimum absolute atomic E-state index is 0.225. The highest BCUT2D eigenvalue weighted by Crippen LogP contribution is 2.35. The standard InChI is InChI=1S/C26H28F2N6OS/c1-16-5-7-19-22(29)23(36-25(19)32-16)24(35)30-10-9-17-6-8-21(33-11-3-2-4-12-33)20(13-17)18-14-31-34(15-18)26(27)28/h5-8,13-15,26H,2-4,9-12,29H2,1H3,(H,30,35). The highest BCUT2D eigenvalue weighted by molar-refractivity contribution is 7.21. The fraction of sp³-hybridized carbons (Fsp3) is 0.346. The van der Waals surface area contributed by atoms with Crippen LogP contribution in [0.15, 0.2) is 42.7 Å². The number of pyridine rings is 1. The van der Waals surface area contributed by atoms with Crippen LogP contribution in [-0.2, 0) is 6.42 Å². The van der Waals surface area contributed by atoms with E-state index in [1.165, 1.54) is 30.2 Å². The van der Waals surface area contributed by atoms with Crippen molar-refractivity contribution in [1.29, 1.82) is 0 Å². The van der Waals surface area contributed by atoms with E-state index in [0.717, 1.165) is 58.7 Å². The quantitative estimate of drug-likeness (QED) is 0.347. The molecule has 1 aromatic carbocycles. The van der Waals surface area contributed by atoms with Crippen molar-refractivity contribution in [3.63, 3.8) is 0 Å². The number of anilines is 2. The Morgan fingerprint density at radius 1 is 1.19 bits per heavy atom. The normalized spacial score (nSPS) is 14.1. The Bertz CT molecular complexity index is 1390. The smallest absolute Gasteiger partial charge is 0.333 e. The summed E-state index contributed by atoms with van der Waals surface area (Å²) >= 11 is 1.29. The number of amides is 1. The fourth-order valence-corrected chi connectivity index (χ4v) is 5.68. The molecule has 0 bridgehead atoms. The Balaban J connectivity index is 1.33. The molecule has 1 aliphatic rings. The molecule has 3 N–H and O–H groups in total. The number of aromatic nitrogens is 3. The van der Waals surface area contributed by atoms with Crippen LogP contribution < -0.4 is 16.0 Å². The molecule has 0 radical (unpaired) electrons. The number of nitrogens with one attached hydrogen (secondary N) is 1. The van der Waals surface area contributed by atoms with Gasteiger partial charge in [0, 0.05) is 53.7 Å². The van der Waals surface area contributed by atoms with Crippen LogP contribution in [0.5, 0.6) is 0 Å². The van der Waals surface area contributed by atoms with E-state index in [4.69, 9.17) is 5.73 Å².